The lowest BCUT2D eigenvalue weighted by Gasteiger charge is -2.41. The van der Waals surface area contributed by atoms with Crippen LogP contribution in [0.5, 0.6) is 0 Å². The molecule has 1 aromatic heterocycles. The van der Waals surface area contributed by atoms with Gasteiger partial charge in [0.25, 0.3) is 5.91 Å². The van der Waals surface area contributed by atoms with Gasteiger partial charge in [0.1, 0.15) is 12.0 Å². The molecule has 0 N–H and O–H groups in total. The van der Waals surface area contributed by atoms with E-state index in [2.05, 4.69) is 4.90 Å². The lowest BCUT2D eigenvalue weighted by Crippen LogP contribution is -2.45. The molecule has 0 saturated heterocycles. The number of fused-ring (bicyclic) bond motifs is 1. The number of nitrogens with zero attached hydrogens (tertiary/aromatic N) is 3. The highest BCUT2D eigenvalue weighted by atomic mass is 19.1. The van der Waals surface area contributed by atoms with Crippen LogP contribution in [0.1, 0.15) is 22.1 Å². The van der Waals surface area contributed by atoms with Crippen molar-refractivity contribution >= 4 is 11.6 Å². The van der Waals surface area contributed by atoms with Gasteiger partial charge in [-0.05, 0) is 30.3 Å². The lowest BCUT2D eigenvalue weighted by atomic mass is 10.0. The van der Waals surface area contributed by atoms with Gasteiger partial charge < -0.3 is 14.4 Å². The van der Waals surface area contributed by atoms with Crippen LogP contribution in [-0.2, 0) is 0 Å². The van der Waals surface area contributed by atoms with Gasteiger partial charge >= 0.3 is 0 Å². The molecule has 126 valence electrons. The monoisotopic (exact) mass is 335 g/mol. The zero-order valence-corrected chi connectivity index (χ0v) is 14.1. The first-order valence-electron chi connectivity index (χ1n) is 8.10. The average Bonchev–Trinajstić information content (AvgIpc) is 3.10. The number of para-hydroxylation sites is 2. The third-order valence-corrected chi connectivity index (χ3v) is 4.71. The molecule has 2 heterocycles. The van der Waals surface area contributed by atoms with E-state index in [4.69, 9.17) is 0 Å². The lowest BCUT2D eigenvalue weighted by molar-refractivity contribution is 0.0711. The summed E-state index contributed by atoms with van der Waals surface area (Å²) in [5.74, 6) is -0.297. The van der Waals surface area contributed by atoms with Crippen LogP contribution in [-0.4, -0.2) is 29.5 Å². The van der Waals surface area contributed by atoms with E-state index in [1.165, 1.54) is 6.07 Å². The van der Waals surface area contributed by atoms with Crippen LogP contribution < -0.4 is 4.90 Å². The zero-order valence-electron chi connectivity index (χ0n) is 14.1. The fourth-order valence-electron chi connectivity index (χ4n) is 3.48. The predicted molar refractivity (Wildman–Crippen MR) is 95.4 cm³/mol. The molecule has 0 spiro atoms. The number of aromatic nitrogens is 1. The van der Waals surface area contributed by atoms with Crippen molar-refractivity contribution in [1.82, 2.24) is 9.47 Å². The Labute approximate surface area is 145 Å². The molecule has 1 amide bonds. The third-order valence-electron chi connectivity index (χ3n) is 4.71. The zero-order chi connectivity index (χ0) is 17.6. The fraction of sp³-hybridized carbons (Fsp3) is 0.150. The van der Waals surface area contributed by atoms with E-state index in [-0.39, 0.29) is 17.9 Å². The fourth-order valence-corrected chi connectivity index (χ4v) is 3.48. The molecule has 4 rings (SSSR count). The Morgan fingerprint density at radius 2 is 1.56 bits per heavy atom. The molecule has 3 aromatic rings. The highest BCUT2D eigenvalue weighted by Gasteiger charge is 2.34. The second-order valence-electron chi connectivity index (χ2n) is 6.22. The molecule has 0 saturated carbocycles. The summed E-state index contributed by atoms with van der Waals surface area (Å²) in [6.07, 6.45) is 3.45. The summed E-state index contributed by atoms with van der Waals surface area (Å²) in [4.78, 5) is 16.5. The standard InChI is InChI=1S/C20H18FN3O/c1-22-17-9-5-3-7-15(17)20(25)23(2)19(22)14-11-12-24(13-14)18-10-6-4-8-16(18)21/h3-13,19H,1-2H3. The van der Waals surface area contributed by atoms with Gasteiger partial charge in [-0.15, -0.1) is 0 Å². The summed E-state index contributed by atoms with van der Waals surface area (Å²) in [5.41, 5.74) is 3.00. The summed E-state index contributed by atoms with van der Waals surface area (Å²) >= 11 is 0. The summed E-state index contributed by atoms with van der Waals surface area (Å²) in [6.45, 7) is 0. The summed E-state index contributed by atoms with van der Waals surface area (Å²) in [5, 5.41) is 0. The number of hydrogen-bond acceptors (Lipinski definition) is 2. The number of rotatable bonds is 2. The highest BCUT2D eigenvalue weighted by Crippen LogP contribution is 2.36. The quantitative estimate of drug-likeness (QED) is 0.712. The molecule has 0 aliphatic carbocycles. The minimum absolute atomic E-state index is 0.0164. The van der Waals surface area contributed by atoms with Crippen LogP contribution in [0.15, 0.2) is 67.0 Å². The second kappa shape index (κ2) is 5.77. The molecular formula is C20H18FN3O. The Morgan fingerprint density at radius 1 is 0.880 bits per heavy atom. The Balaban J connectivity index is 1.76. The van der Waals surface area contributed by atoms with Gasteiger partial charge in [-0.2, -0.15) is 0 Å². The van der Waals surface area contributed by atoms with Crippen molar-refractivity contribution in [2.24, 2.45) is 0 Å². The number of carbonyl (C=O) groups excluding carboxylic acids is 1. The van der Waals surface area contributed by atoms with Crippen LogP contribution >= 0.6 is 0 Å². The SMILES string of the molecule is CN1C(=O)c2ccccc2N(C)C1c1ccn(-c2ccccc2F)c1. The molecule has 0 radical (unpaired) electrons. The van der Waals surface area contributed by atoms with Gasteiger partial charge in [0.2, 0.25) is 0 Å². The molecule has 0 fully saturated rings. The van der Waals surface area contributed by atoms with Crippen molar-refractivity contribution in [3.05, 3.63) is 83.9 Å². The molecule has 1 aliphatic heterocycles. The minimum Gasteiger partial charge on any atom is -0.350 e. The van der Waals surface area contributed by atoms with E-state index >= 15 is 0 Å². The third kappa shape index (κ3) is 2.39. The number of anilines is 1. The van der Waals surface area contributed by atoms with Gasteiger partial charge in [-0.1, -0.05) is 24.3 Å². The molecule has 2 aromatic carbocycles. The molecule has 1 unspecified atom stereocenters. The number of hydrogen-bond donors (Lipinski definition) is 0. The number of halogens is 1. The van der Waals surface area contributed by atoms with Gasteiger partial charge in [0.15, 0.2) is 0 Å². The highest BCUT2D eigenvalue weighted by molar-refractivity contribution is 6.01. The largest absolute Gasteiger partial charge is 0.350 e. The Morgan fingerprint density at radius 3 is 2.32 bits per heavy atom. The van der Waals surface area contributed by atoms with E-state index in [1.54, 1.807) is 34.7 Å². The van der Waals surface area contributed by atoms with Crippen LogP contribution in [0, 0.1) is 5.82 Å². The summed E-state index contributed by atoms with van der Waals surface area (Å²) in [7, 11) is 3.76. The number of benzene rings is 2. The Kier molecular flexibility index (Phi) is 3.57. The average molecular weight is 335 g/mol. The molecular weight excluding hydrogens is 317 g/mol. The second-order valence-corrected chi connectivity index (χ2v) is 6.22. The van der Waals surface area contributed by atoms with E-state index in [0.717, 1.165) is 11.3 Å². The first-order valence-corrected chi connectivity index (χ1v) is 8.10. The van der Waals surface area contributed by atoms with Crippen LogP contribution in [0.4, 0.5) is 10.1 Å². The van der Waals surface area contributed by atoms with Crippen molar-refractivity contribution in [3.8, 4) is 5.69 Å². The molecule has 25 heavy (non-hydrogen) atoms. The summed E-state index contributed by atoms with van der Waals surface area (Å²) < 4.78 is 15.8. The minimum atomic E-state index is -0.281. The van der Waals surface area contributed by atoms with Crippen molar-refractivity contribution < 1.29 is 9.18 Å². The van der Waals surface area contributed by atoms with Gasteiger partial charge in [0.05, 0.1) is 16.9 Å². The number of carbonyl (C=O) groups is 1. The van der Waals surface area contributed by atoms with E-state index in [9.17, 15) is 9.18 Å². The maximum Gasteiger partial charge on any atom is 0.257 e. The first kappa shape index (κ1) is 15.4. The van der Waals surface area contributed by atoms with Gasteiger partial charge in [-0.3, -0.25) is 4.79 Å². The van der Waals surface area contributed by atoms with Crippen molar-refractivity contribution in [1.29, 1.82) is 0 Å². The molecule has 1 aliphatic rings. The van der Waals surface area contributed by atoms with Crippen LogP contribution in [0.25, 0.3) is 5.69 Å². The normalized spacial score (nSPS) is 16.9. The molecule has 5 heteroatoms. The summed E-state index contributed by atoms with van der Waals surface area (Å²) in [6, 6.07) is 16.1. The Bertz CT molecular complexity index is 949. The van der Waals surface area contributed by atoms with Crippen molar-refractivity contribution in [2.75, 3.05) is 19.0 Å². The molecule has 0 bridgehead atoms. The van der Waals surface area contributed by atoms with E-state index in [1.807, 2.05) is 49.8 Å². The molecule has 1 atom stereocenters. The smallest absolute Gasteiger partial charge is 0.257 e. The van der Waals surface area contributed by atoms with Crippen LogP contribution in [0.2, 0.25) is 0 Å². The molecule has 4 nitrogen and oxygen atoms in total. The van der Waals surface area contributed by atoms with E-state index in [0.29, 0.717) is 11.3 Å². The van der Waals surface area contributed by atoms with Gasteiger partial charge in [-0.25, -0.2) is 4.39 Å². The maximum atomic E-state index is 14.0. The number of amides is 1. The van der Waals surface area contributed by atoms with Crippen molar-refractivity contribution in [2.45, 2.75) is 6.17 Å². The van der Waals surface area contributed by atoms with Crippen molar-refractivity contribution in [3.63, 3.8) is 0 Å². The predicted octanol–water partition coefficient (Wildman–Crippen LogP) is 3.84. The first-order chi connectivity index (χ1) is 12.1. The van der Waals surface area contributed by atoms with Crippen LogP contribution in [0.3, 0.4) is 0 Å². The topological polar surface area (TPSA) is 28.5 Å². The Hall–Kier alpha value is -3.08. The van der Waals surface area contributed by atoms with E-state index < -0.39 is 0 Å². The van der Waals surface area contributed by atoms with Gasteiger partial charge in [0, 0.05) is 32.1 Å². The maximum absolute atomic E-state index is 14.0.